The minimum Gasteiger partial charge on any atom is -0.398 e. The van der Waals surface area contributed by atoms with Gasteiger partial charge in [0.15, 0.2) is 0 Å². The minimum atomic E-state index is -3.76. The molecular formula is C12H17FN2O2S. The molecule has 1 rings (SSSR count). The fraction of sp³-hybridized carbons (Fsp3) is 0.333. The largest absolute Gasteiger partial charge is 0.398 e. The molecule has 0 aliphatic carbocycles. The number of nitrogens with one attached hydrogen (secondary N) is 1. The summed E-state index contributed by atoms with van der Waals surface area (Å²) in [6, 6.07) is 1.91. The molecule has 0 aromatic heterocycles. The van der Waals surface area contributed by atoms with Gasteiger partial charge in [-0.1, -0.05) is 6.08 Å². The van der Waals surface area contributed by atoms with E-state index in [1.165, 1.54) is 13.0 Å². The summed E-state index contributed by atoms with van der Waals surface area (Å²) in [6.45, 7) is 6.72. The molecule has 3 N–H and O–H groups in total. The van der Waals surface area contributed by atoms with Crippen molar-refractivity contribution >= 4 is 15.7 Å². The van der Waals surface area contributed by atoms with E-state index < -0.39 is 15.8 Å². The minimum absolute atomic E-state index is 0.117. The highest BCUT2D eigenvalue weighted by molar-refractivity contribution is 7.89. The second-order valence-corrected chi connectivity index (χ2v) is 5.88. The number of benzene rings is 1. The second-order valence-electron chi connectivity index (χ2n) is 4.17. The van der Waals surface area contributed by atoms with Gasteiger partial charge in [-0.3, -0.25) is 0 Å². The van der Waals surface area contributed by atoms with Gasteiger partial charge in [0.25, 0.3) is 0 Å². The molecule has 0 saturated heterocycles. The van der Waals surface area contributed by atoms with Crippen LogP contribution in [0.2, 0.25) is 0 Å². The molecule has 6 heteroatoms. The van der Waals surface area contributed by atoms with E-state index >= 15 is 0 Å². The number of hydrogen-bond acceptors (Lipinski definition) is 3. The molecule has 1 aromatic carbocycles. The average molecular weight is 272 g/mol. The van der Waals surface area contributed by atoms with Gasteiger partial charge in [-0.2, -0.15) is 0 Å². The van der Waals surface area contributed by atoms with Crippen LogP contribution in [0.15, 0.2) is 29.7 Å². The maximum atomic E-state index is 13.5. The van der Waals surface area contributed by atoms with Gasteiger partial charge in [-0.15, -0.1) is 6.58 Å². The van der Waals surface area contributed by atoms with E-state index in [0.717, 1.165) is 6.07 Å². The standard InChI is InChI=1S/C12H17FN2O2S/c1-4-5-8(2)15-18(16,17)10-6-11(13)9(3)12(14)7-10/h4,6-8,15H,1,5,14H2,2-3H3. The van der Waals surface area contributed by atoms with Crippen LogP contribution in [0.1, 0.15) is 18.9 Å². The summed E-state index contributed by atoms with van der Waals surface area (Å²) in [5, 5.41) is 0. The van der Waals surface area contributed by atoms with E-state index in [1.54, 1.807) is 13.0 Å². The molecule has 0 spiro atoms. The van der Waals surface area contributed by atoms with Crippen molar-refractivity contribution in [2.75, 3.05) is 5.73 Å². The first-order chi connectivity index (χ1) is 8.27. The van der Waals surface area contributed by atoms with Crippen molar-refractivity contribution in [3.8, 4) is 0 Å². The number of sulfonamides is 1. The predicted molar refractivity (Wildman–Crippen MR) is 70.1 cm³/mol. The number of hydrogen-bond donors (Lipinski definition) is 2. The fourth-order valence-corrected chi connectivity index (χ4v) is 2.76. The van der Waals surface area contributed by atoms with Crippen molar-refractivity contribution in [3.05, 3.63) is 36.2 Å². The zero-order chi connectivity index (χ0) is 13.9. The summed E-state index contributed by atoms with van der Waals surface area (Å²) < 4.78 is 39.8. The Hall–Kier alpha value is -1.40. The molecule has 0 bridgehead atoms. The Morgan fingerprint density at radius 3 is 2.67 bits per heavy atom. The van der Waals surface area contributed by atoms with E-state index in [0.29, 0.717) is 6.42 Å². The number of nitrogens with two attached hydrogens (primary N) is 1. The van der Waals surface area contributed by atoms with Crippen LogP contribution in [0.5, 0.6) is 0 Å². The number of halogens is 1. The first kappa shape index (κ1) is 14.7. The Bertz CT molecular complexity index is 532. The number of nitrogen functional groups attached to an aromatic ring is 1. The molecule has 18 heavy (non-hydrogen) atoms. The zero-order valence-corrected chi connectivity index (χ0v) is 11.2. The molecule has 1 atom stereocenters. The highest BCUT2D eigenvalue weighted by Crippen LogP contribution is 2.21. The van der Waals surface area contributed by atoms with Gasteiger partial charge in [-0.25, -0.2) is 17.5 Å². The molecule has 0 aliphatic rings. The van der Waals surface area contributed by atoms with Gasteiger partial charge in [0, 0.05) is 17.3 Å². The summed E-state index contributed by atoms with van der Waals surface area (Å²) in [6.07, 6.45) is 2.10. The lowest BCUT2D eigenvalue weighted by Gasteiger charge is -2.13. The van der Waals surface area contributed by atoms with Crippen LogP contribution in [-0.4, -0.2) is 14.5 Å². The second kappa shape index (κ2) is 5.49. The van der Waals surface area contributed by atoms with Crippen LogP contribution in [0, 0.1) is 12.7 Å². The molecule has 1 aromatic rings. The van der Waals surface area contributed by atoms with Crippen LogP contribution in [0.25, 0.3) is 0 Å². The lowest BCUT2D eigenvalue weighted by molar-refractivity contribution is 0.559. The van der Waals surface area contributed by atoms with Crippen molar-refractivity contribution in [1.29, 1.82) is 0 Å². The fourth-order valence-electron chi connectivity index (χ4n) is 1.46. The Kier molecular flexibility index (Phi) is 4.48. The van der Waals surface area contributed by atoms with Gasteiger partial charge in [0.2, 0.25) is 10.0 Å². The summed E-state index contributed by atoms with van der Waals surface area (Å²) in [5.41, 5.74) is 5.92. The molecule has 4 nitrogen and oxygen atoms in total. The third-order valence-corrected chi connectivity index (χ3v) is 4.11. The summed E-state index contributed by atoms with van der Waals surface area (Å²) >= 11 is 0. The molecule has 0 fully saturated rings. The maximum absolute atomic E-state index is 13.5. The van der Waals surface area contributed by atoms with Gasteiger partial charge < -0.3 is 5.73 Å². The summed E-state index contributed by atoms with van der Waals surface area (Å²) in [5.74, 6) is -0.633. The normalized spacial score (nSPS) is 13.3. The van der Waals surface area contributed by atoms with Gasteiger partial charge in [0.05, 0.1) is 4.90 Å². The molecule has 0 amide bonds. The third kappa shape index (κ3) is 3.30. The first-order valence-electron chi connectivity index (χ1n) is 5.46. The van der Waals surface area contributed by atoms with Crippen LogP contribution >= 0.6 is 0 Å². The van der Waals surface area contributed by atoms with Crippen molar-refractivity contribution < 1.29 is 12.8 Å². The summed E-state index contributed by atoms with van der Waals surface area (Å²) in [4.78, 5) is -0.168. The van der Waals surface area contributed by atoms with Crippen LogP contribution in [0.3, 0.4) is 0 Å². The van der Waals surface area contributed by atoms with E-state index in [4.69, 9.17) is 5.73 Å². The number of anilines is 1. The molecular weight excluding hydrogens is 255 g/mol. The lowest BCUT2D eigenvalue weighted by Crippen LogP contribution is -2.32. The van der Waals surface area contributed by atoms with E-state index in [9.17, 15) is 12.8 Å². The highest BCUT2D eigenvalue weighted by Gasteiger charge is 2.19. The summed E-state index contributed by atoms with van der Waals surface area (Å²) in [7, 11) is -3.76. The van der Waals surface area contributed by atoms with Crippen molar-refractivity contribution in [3.63, 3.8) is 0 Å². The van der Waals surface area contributed by atoms with Crippen molar-refractivity contribution in [2.45, 2.75) is 31.2 Å². The Balaban J connectivity index is 3.09. The molecule has 0 heterocycles. The van der Waals surface area contributed by atoms with Crippen molar-refractivity contribution in [2.24, 2.45) is 0 Å². The Labute approximate surface area is 107 Å². The number of rotatable bonds is 5. The third-order valence-electron chi connectivity index (χ3n) is 2.54. The van der Waals surface area contributed by atoms with Crippen molar-refractivity contribution in [1.82, 2.24) is 4.72 Å². The quantitative estimate of drug-likeness (QED) is 0.635. The van der Waals surface area contributed by atoms with Crippen LogP contribution in [0.4, 0.5) is 10.1 Å². The topological polar surface area (TPSA) is 72.2 Å². The van der Waals surface area contributed by atoms with Crippen LogP contribution in [-0.2, 0) is 10.0 Å². The van der Waals surface area contributed by atoms with E-state index in [-0.39, 0.29) is 22.2 Å². The molecule has 0 radical (unpaired) electrons. The zero-order valence-electron chi connectivity index (χ0n) is 10.4. The Morgan fingerprint density at radius 2 is 2.17 bits per heavy atom. The van der Waals surface area contributed by atoms with Gasteiger partial charge in [0.1, 0.15) is 5.82 Å². The van der Waals surface area contributed by atoms with E-state index in [1.807, 2.05) is 0 Å². The van der Waals surface area contributed by atoms with Crippen LogP contribution < -0.4 is 10.5 Å². The first-order valence-corrected chi connectivity index (χ1v) is 6.95. The van der Waals surface area contributed by atoms with Gasteiger partial charge in [-0.05, 0) is 32.4 Å². The monoisotopic (exact) mass is 272 g/mol. The SMILES string of the molecule is C=CCC(C)NS(=O)(=O)c1cc(N)c(C)c(F)c1. The van der Waals surface area contributed by atoms with Gasteiger partial charge >= 0.3 is 0 Å². The molecule has 100 valence electrons. The highest BCUT2D eigenvalue weighted by atomic mass is 32.2. The molecule has 0 saturated carbocycles. The maximum Gasteiger partial charge on any atom is 0.240 e. The average Bonchev–Trinajstić information content (AvgIpc) is 2.24. The molecule has 1 unspecified atom stereocenters. The predicted octanol–water partition coefficient (Wildman–Crippen LogP) is 1.96. The van der Waals surface area contributed by atoms with E-state index in [2.05, 4.69) is 11.3 Å². The smallest absolute Gasteiger partial charge is 0.240 e. The Morgan fingerprint density at radius 1 is 1.56 bits per heavy atom. The lowest BCUT2D eigenvalue weighted by atomic mass is 10.2. The molecule has 0 aliphatic heterocycles.